The maximum Gasteiger partial charge on any atom is 0.0620 e. The number of ether oxygens (including phenoxy) is 1. The molecule has 0 saturated carbocycles. The Morgan fingerprint density at radius 2 is 2.19 bits per heavy atom. The van der Waals surface area contributed by atoms with Crippen molar-refractivity contribution in [2.75, 3.05) is 13.2 Å². The fourth-order valence-electron chi connectivity index (χ4n) is 2.22. The molecule has 1 aliphatic rings. The summed E-state index contributed by atoms with van der Waals surface area (Å²) in [5.41, 5.74) is 1.42. The second-order valence-electron chi connectivity index (χ2n) is 4.52. The molecular formula is C14H21NO. The van der Waals surface area contributed by atoms with Crippen LogP contribution >= 0.6 is 0 Å². The maximum atomic E-state index is 5.39. The number of rotatable bonds is 5. The topological polar surface area (TPSA) is 21.3 Å². The minimum absolute atomic E-state index is 0.564. The van der Waals surface area contributed by atoms with Gasteiger partial charge in [0.25, 0.3) is 0 Å². The largest absolute Gasteiger partial charge is 0.380 e. The van der Waals surface area contributed by atoms with E-state index in [9.17, 15) is 0 Å². The number of benzene rings is 1. The van der Waals surface area contributed by atoms with Gasteiger partial charge in [0.15, 0.2) is 0 Å². The zero-order chi connectivity index (χ0) is 11.2. The van der Waals surface area contributed by atoms with Crippen LogP contribution in [-0.4, -0.2) is 25.3 Å². The molecule has 1 saturated heterocycles. The van der Waals surface area contributed by atoms with Crippen molar-refractivity contribution in [2.45, 2.75) is 38.3 Å². The lowest BCUT2D eigenvalue weighted by Crippen LogP contribution is -2.39. The predicted octanol–water partition coefficient (Wildman–Crippen LogP) is 2.39. The summed E-state index contributed by atoms with van der Waals surface area (Å²) in [6.45, 7) is 4.04. The summed E-state index contributed by atoms with van der Waals surface area (Å²) in [6.07, 6.45) is 3.45. The highest BCUT2D eigenvalue weighted by molar-refractivity contribution is 5.15. The first kappa shape index (κ1) is 11.6. The van der Waals surface area contributed by atoms with Gasteiger partial charge >= 0.3 is 0 Å². The highest BCUT2D eigenvalue weighted by Gasteiger charge is 2.18. The summed E-state index contributed by atoms with van der Waals surface area (Å²) in [7, 11) is 0. The third-order valence-electron chi connectivity index (χ3n) is 3.22. The van der Waals surface area contributed by atoms with Crippen molar-refractivity contribution in [3.8, 4) is 0 Å². The van der Waals surface area contributed by atoms with Crippen molar-refractivity contribution < 1.29 is 4.74 Å². The van der Waals surface area contributed by atoms with Gasteiger partial charge in [-0.3, -0.25) is 0 Å². The van der Waals surface area contributed by atoms with E-state index in [0.29, 0.717) is 12.1 Å². The lowest BCUT2D eigenvalue weighted by atomic mass is 10.0. The second kappa shape index (κ2) is 6.02. The van der Waals surface area contributed by atoms with Crippen molar-refractivity contribution in [2.24, 2.45) is 0 Å². The lowest BCUT2D eigenvalue weighted by Gasteiger charge is -2.21. The first-order valence-corrected chi connectivity index (χ1v) is 6.26. The predicted molar refractivity (Wildman–Crippen MR) is 66.6 cm³/mol. The van der Waals surface area contributed by atoms with Gasteiger partial charge in [-0.15, -0.1) is 0 Å². The highest BCUT2D eigenvalue weighted by atomic mass is 16.5. The van der Waals surface area contributed by atoms with Crippen LogP contribution in [0.5, 0.6) is 0 Å². The molecule has 0 amide bonds. The molecular weight excluding hydrogens is 198 g/mol. The van der Waals surface area contributed by atoms with Gasteiger partial charge in [-0.1, -0.05) is 37.3 Å². The molecule has 1 aromatic carbocycles. The number of nitrogens with one attached hydrogen (secondary N) is 1. The highest BCUT2D eigenvalue weighted by Crippen LogP contribution is 2.10. The summed E-state index contributed by atoms with van der Waals surface area (Å²) in [4.78, 5) is 0. The molecule has 2 heteroatoms. The quantitative estimate of drug-likeness (QED) is 0.821. The zero-order valence-electron chi connectivity index (χ0n) is 9.99. The van der Waals surface area contributed by atoms with Crippen molar-refractivity contribution in [1.82, 2.24) is 5.32 Å². The van der Waals surface area contributed by atoms with Crippen LogP contribution in [0.2, 0.25) is 0 Å². The minimum Gasteiger partial charge on any atom is -0.380 e. The maximum absolute atomic E-state index is 5.39. The summed E-state index contributed by atoms with van der Waals surface area (Å²) in [5, 5.41) is 3.69. The molecule has 16 heavy (non-hydrogen) atoms. The Morgan fingerprint density at radius 3 is 2.81 bits per heavy atom. The molecule has 0 aromatic heterocycles. The van der Waals surface area contributed by atoms with E-state index in [1.807, 2.05) is 0 Å². The van der Waals surface area contributed by atoms with Gasteiger partial charge in [0.2, 0.25) is 0 Å². The van der Waals surface area contributed by atoms with Crippen LogP contribution < -0.4 is 5.32 Å². The number of hydrogen-bond donors (Lipinski definition) is 1. The van der Waals surface area contributed by atoms with Gasteiger partial charge < -0.3 is 10.1 Å². The van der Waals surface area contributed by atoms with Crippen LogP contribution in [0.3, 0.4) is 0 Å². The van der Waals surface area contributed by atoms with E-state index in [4.69, 9.17) is 4.74 Å². The summed E-state index contributed by atoms with van der Waals surface area (Å²) < 4.78 is 5.39. The van der Waals surface area contributed by atoms with Crippen LogP contribution in [0.25, 0.3) is 0 Å². The third kappa shape index (κ3) is 3.32. The Labute approximate surface area is 98.0 Å². The fraction of sp³-hybridized carbons (Fsp3) is 0.571. The standard InChI is InChI=1S/C14H21NO/c1-2-13(15-14-8-9-16-11-14)10-12-6-4-3-5-7-12/h3-7,13-15H,2,8-11H2,1H3. The van der Waals surface area contributed by atoms with Gasteiger partial charge in [0.05, 0.1) is 6.61 Å². The van der Waals surface area contributed by atoms with Crippen molar-refractivity contribution >= 4 is 0 Å². The van der Waals surface area contributed by atoms with E-state index in [2.05, 4.69) is 42.6 Å². The molecule has 2 unspecified atom stereocenters. The summed E-state index contributed by atoms with van der Waals surface area (Å²) in [5.74, 6) is 0. The fourth-order valence-corrected chi connectivity index (χ4v) is 2.22. The van der Waals surface area contributed by atoms with Crippen LogP contribution in [0, 0.1) is 0 Å². The molecule has 1 heterocycles. The van der Waals surface area contributed by atoms with E-state index in [1.54, 1.807) is 0 Å². The second-order valence-corrected chi connectivity index (χ2v) is 4.52. The Morgan fingerprint density at radius 1 is 1.38 bits per heavy atom. The summed E-state index contributed by atoms with van der Waals surface area (Å²) >= 11 is 0. The molecule has 1 aliphatic heterocycles. The molecule has 1 aromatic rings. The van der Waals surface area contributed by atoms with Gasteiger partial charge in [-0.05, 0) is 24.8 Å². The van der Waals surface area contributed by atoms with E-state index in [1.165, 1.54) is 12.0 Å². The Hall–Kier alpha value is -0.860. The molecule has 2 nitrogen and oxygen atoms in total. The first-order valence-electron chi connectivity index (χ1n) is 6.26. The SMILES string of the molecule is CCC(Cc1ccccc1)NC1CCOC1. The van der Waals surface area contributed by atoms with E-state index in [0.717, 1.165) is 26.1 Å². The smallest absolute Gasteiger partial charge is 0.0620 e. The van der Waals surface area contributed by atoms with Crippen molar-refractivity contribution in [1.29, 1.82) is 0 Å². The van der Waals surface area contributed by atoms with Gasteiger partial charge in [0, 0.05) is 18.7 Å². The van der Waals surface area contributed by atoms with E-state index < -0.39 is 0 Å². The van der Waals surface area contributed by atoms with E-state index in [-0.39, 0.29) is 0 Å². The lowest BCUT2D eigenvalue weighted by molar-refractivity contribution is 0.187. The molecule has 0 spiro atoms. The number of hydrogen-bond acceptors (Lipinski definition) is 2. The molecule has 0 bridgehead atoms. The van der Waals surface area contributed by atoms with Crippen molar-refractivity contribution in [3.05, 3.63) is 35.9 Å². The molecule has 1 N–H and O–H groups in total. The Balaban J connectivity index is 1.85. The summed E-state index contributed by atoms with van der Waals surface area (Å²) in [6, 6.07) is 11.8. The molecule has 2 atom stereocenters. The molecule has 1 fully saturated rings. The van der Waals surface area contributed by atoms with Gasteiger partial charge in [0.1, 0.15) is 0 Å². The minimum atomic E-state index is 0.564. The van der Waals surface area contributed by atoms with Crippen LogP contribution in [0.15, 0.2) is 30.3 Å². The average molecular weight is 219 g/mol. The molecule has 2 rings (SSSR count). The van der Waals surface area contributed by atoms with Crippen LogP contribution in [0.4, 0.5) is 0 Å². The van der Waals surface area contributed by atoms with Gasteiger partial charge in [-0.2, -0.15) is 0 Å². The first-order chi connectivity index (χ1) is 7.88. The van der Waals surface area contributed by atoms with Crippen LogP contribution in [0.1, 0.15) is 25.3 Å². The molecule has 0 radical (unpaired) electrons. The third-order valence-corrected chi connectivity index (χ3v) is 3.22. The van der Waals surface area contributed by atoms with Crippen molar-refractivity contribution in [3.63, 3.8) is 0 Å². The monoisotopic (exact) mass is 219 g/mol. The Kier molecular flexibility index (Phi) is 4.37. The average Bonchev–Trinajstić information content (AvgIpc) is 2.82. The Bertz CT molecular complexity index is 293. The normalized spacial score (nSPS) is 22.2. The molecule has 0 aliphatic carbocycles. The van der Waals surface area contributed by atoms with Gasteiger partial charge in [-0.25, -0.2) is 0 Å². The zero-order valence-corrected chi connectivity index (χ0v) is 9.99. The van der Waals surface area contributed by atoms with E-state index >= 15 is 0 Å². The molecule has 88 valence electrons. The van der Waals surface area contributed by atoms with Crippen LogP contribution in [-0.2, 0) is 11.2 Å².